The summed E-state index contributed by atoms with van der Waals surface area (Å²) in [5, 5.41) is 11.7. The van der Waals surface area contributed by atoms with Gasteiger partial charge in [-0.2, -0.15) is 0 Å². The lowest BCUT2D eigenvalue weighted by Gasteiger charge is -2.09. The Hall–Kier alpha value is -1.11. The number of rotatable bonds is 7. The van der Waals surface area contributed by atoms with Gasteiger partial charge in [0.15, 0.2) is 0 Å². The van der Waals surface area contributed by atoms with Crippen molar-refractivity contribution in [3.8, 4) is 0 Å². The molecule has 0 amide bonds. The first-order valence-electron chi connectivity index (χ1n) is 6.02. The molecular formula is C13H18N2O2S2. The minimum atomic E-state index is -1.00. The van der Waals surface area contributed by atoms with Gasteiger partial charge in [-0.15, -0.1) is 0 Å². The Balaban J connectivity index is 2.09. The maximum atomic E-state index is 10.5. The minimum absolute atomic E-state index is 0.292. The molecule has 0 aliphatic rings. The highest BCUT2D eigenvalue weighted by Crippen LogP contribution is 2.05. The second kappa shape index (κ2) is 8.90. The summed E-state index contributed by atoms with van der Waals surface area (Å²) in [5.74, 6) is -0.709. The van der Waals surface area contributed by atoms with Crippen molar-refractivity contribution < 1.29 is 9.90 Å². The van der Waals surface area contributed by atoms with E-state index in [0.717, 1.165) is 19.4 Å². The molecule has 0 saturated heterocycles. The highest BCUT2D eigenvalue weighted by molar-refractivity contribution is 8.23. The predicted molar refractivity (Wildman–Crippen MR) is 83.4 cm³/mol. The molecule has 0 saturated carbocycles. The standard InChI is InChI=1S/C13H18N2O2S2/c14-11(12(16)17)9-19-13(18)15-8-4-7-10-5-2-1-3-6-10/h1-3,5-6,11H,4,7-9,14H2,(H,15,18)(H,16,17)/t11-/m1/s1. The number of benzene rings is 1. The number of hydrogen-bond donors (Lipinski definition) is 3. The lowest BCUT2D eigenvalue weighted by atomic mass is 10.1. The molecule has 0 aliphatic carbocycles. The molecule has 4 N–H and O–H groups in total. The molecule has 19 heavy (non-hydrogen) atoms. The van der Waals surface area contributed by atoms with Crippen LogP contribution in [0.15, 0.2) is 30.3 Å². The number of nitrogens with two attached hydrogens (primary N) is 1. The van der Waals surface area contributed by atoms with Crippen molar-refractivity contribution in [3.63, 3.8) is 0 Å². The largest absolute Gasteiger partial charge is 0.480 e. The van der Waals surface area contributed by atoms with Crippen LogP contribution in [0.5, 0.6) is 0 Å². The highest BCUT2D eigenvalue weighted by Gasteiger charge is 2.12. The SMILES string of the molecule is N[C@H](CSC(=S)NCCCc1ccccc1)C(=O)O. The number of aliphatic carboxylic acids is 1. The van der Waals surface area contributed by atoms with Crippen LogP contribution in [0.25, 0.3) is 0 Å². The maximum absolute atomic E-state index is 10.5. The Morgan fingerprint density at radius 3 is 2.74 bits per heavy atom. The molecule has 0 unspecified atom stereocenters. The van der Waals surface area contributed by atoms with E-state index in [4.69, 9.17) is 23.1 Å². The van der Waals surface area contributed by atoms with Gasteiger partial charge >= 0.3 is 5.97 Å². The van der Waals surface area contributed by atoms with Gasteiger partial charge in [0.05, 0.1) is 0 Å². The van der Waals surface area contributed by atoms with Gasteiger partial charge in [-0.25, -0.2) is 0 Å². The quantitative estimate of drug-likeness (QED) is 0.525. The van der Waals surface area contributed by atoms with Crippen LogP contribution in [0.1, 0.15) is 12.0 Å². The third-order valence-corrected chi connectivity index (χ3v) is 3.90. The third kappa shape index (κ3) is 7.15. The van der Waals surface area contributed by atoms with E-state index in [9.17, 15) is 4.79 Å². The summed E-state index contributed by atoms with van der Waals surface area (Å²) >= 11 is 6.37. The second-order valence-electron chi connectivity index (χ2n) is 4.06. The zero-order valence-corrected chi connectivity index (χ0v) is 12.2. The molecule has 0 aromatic heterocycles. The van der Waals surface area contributed by atoms with E-state index in [0.29, 0.717) is 10.1 Å². The number of aryl methyl sites for hydroxylation is 1. The smallest absolute Gasteiger partial charge is 0.321 e. The predicted octanol–water partition coefficient (Wildman–Crippen LogP) is 1.64. The molecule has 4 nitrogen and oxygen atoms in total. The molecule has 104 valence electrons. The van der Waals surface area contributed by atoms with Crippen LogP contribution >= 0.6 is 24.0 Å². The van der Waals surface area contributed by atoms with Gasteiger partial charge in [0.25, 0.3) is 0 Å². The summed E-state index contributed by atoms with van der Waals surface area (Å²) in [5.41, 5.74) is 6.69. The number of carboxylic acid groups (broad SMARTS) is 1. The van der Waals surface area contributed by atoms with Crippen molar-refractivity contribution in [2.24, 2.45) is 5.73 Å². The fraction of sp³-hybridized carbons (Fsp3) is 0.385. The molecule has 0 bridgehead atoms. The van der Waals surface area contributed by atoms with Crippen LogP contribution < -0.4 is 11.1 Å². The monoisotopic (exact) mass is 298 g/mol. The Morgan fingerprint density at radius 1 is 1.42 bits per heavy atom. The second-order valence-corrected chi connectivity index (χ2v) is 5.76. The molecule has 0 heterocycles. The maximum Gasteiger partial charge on any atom is 0.321 e. The molecule has 1 atom stereocenters. The van der Waals surface area contributed by atoms with Crippen molar-refractivity contribution in [1.29, 1.82) is 0 Å². The number of thiocarbonyl (C=S) groups is 1. The Bertz CT molecular complexity index is 412. The molecule has 0 radical (unpaired) electrons. The van der Waals surface area contributed by atoms with Crippen LogP contribution in [-0.2, 0) is 11.2 Å². The van der Waals surface area contributed by atoms with Crippen LogP contribution in [0.2, 0.25) is 0 Å². The topological polar surface area (TPSA) is 75.3 Å². The molecule has 1 aromatic carbocycles. The van der Waals surface area contributed by atoms with E-state index in [1.165, 1.54) is 17.3 Å². The first-order valence-corrected chi connectivity index (χ1v) is 7.42. The minimum Gasteiger partial charge on any atom is -0.480 e. The average molecular weight is 298 g/mol. The number of hydrogen-bond acceptors (Lipinski definition) is 4. The van der Waals surface area contributed by atoms with Crippen LogP contribution in [0.3, 0.4) is 0 Å². The van der Waals surface area contributed by atoms with Crippen LogP contribution in [-0.4, -0.2) is 33.7 Å². The van der Waals surface area contributed by atoms with Gasteiger partial charge in [-0.05, 0) is 18.4 Å². The van der Waals surface area contributed by atoms with Crippen molar-refractivity contribution >= 4 is 34.3 Å². The molecule has 1 aromatic rings. The molecule has 6 heteroatoms. The summed E-state index contributed by atoms with van der Waals surface area (Å²) in [4.78, 5) is 10.5. The zero-order chi connectivity index (χ0) is 14.1. The van der Waals surface area contributed by atoms with Gasteiger partial charge < -0.3 is 16.2 Å². The van der Waals surface area contributed by atoms with Gasteiger partial charge in [0.1, 0.15) is 10.4 Å². The lowest BCUT2D eigenvalue weighted by Crippen LogP contribution is -2.34. The summed E-state index contributed by atoms with van der Waals surface area (Å²) in [6, 6.07) is 9.37. The average Bonchev–Trinajstić information content (AvgIpc) is 2.42. The van der Waals surface area contributed by atoms with E-state index in [-0.39, 0.29) is 0 Å². The van der Waals surface area contributed by atoms with Gasteiger partial charge in [-0.3, -0.25) is 4.79 Å². The zero-order valence-electron chi connectivity index (χ0n) is 10.5. The third-order valence-electron chi connectivity index (χ3n) is 2.47. The van der Waals surface area contributed by atoms with E-state index >= 15 is 0 Å². The molecule has 1 rings (SSSR count). The van der Waals surface area contributed by atoms with Gasteiger partial charge in [0.2, 0.25) is 0 Å². The van der Waals surface area contributed by atoms with Gasteiger partial charge in [0, 0.05) is 12.3 Å². The lowest BCUT2D eigenvalue weighted by molar-refractivity contribution is -0.137. The fourth-order valence-corrected chi connectivity index (χ4v) is 2.40. The molecule has 0 fully saturated rings. The Kier molecular flexibility index (Phi) is 7.47. The Morgan fingerprint density at radius 2 is 2.11 bits per heavy atom. The molecular weight excluding hydrogens is 280 g/mol. The van der Waals surface area contributed by atoms with Crippen molar-refractivity contribution in [1.82, 2.24) is 5.32 Å². The van der Waals surface area contributed by atoms with Crippen molar-refractivity contribution in [3.05, 3.63) is 35.9 Å². The fourth-order valence-electron chi connectivity index (χ4n) is 1.42. The summed E-state index contributed by atoms with van der Waals surface area (Å²) in [6.07, 6.45) is 1.98. The van der Waals surface area contributed by atoms with E-state index in [1.807, 2.05) is 18.2 Å². The Labute approximate surface area is 122 Å². The number of thioether (sulfide) groups is 1. The highest BCUT2D eigenvalue weighted by atomic mass is 32.2. The first-order chi connectivity index (χ1) is 9.09. The van der Waals surface area contributed by atoms with E-state index in [2.05, 4.69) is 17.4 Å². The first kappa shape index (κ1) is 15.9. The summed E-state index contributed by atoms with van der Waals surface area (Å²) in [7, 11) is 0. The number of carboxylic acids is 1. The van der Waals surface area contributed by atoms with Crippen LogP contribution in [0, 0.1) is 0 Å². The van der Waals surface area contributed by atoms with Gasteiger partial charge in [-0.1, -0.05) is 54.3 Å². The number of nitrogens with one attached hydrogen (secondary N) is 1. The molecule has 0 spiro atoms. The normalized spacial score (nSPS) is 11.8. The van der Waals surface area contributed by atoms with Crippen LogP contribution in [0.4, 0.5) is 0 Å². The van der Waals surface area contributed by atoms with Crippen molar-refractivity contribution in [2.45, 2.75) is 18.9 Å². The van der Waals surface area contributed by atoms with E-state index in [1.54, 1.807) is 0 Å². The molecule has 0 aliphatic heterocycles. The summed E-state index contributed by atoms with van der Waals surface area (Å²) < 4.78 is 0.602. The van der Waals surface area contributed by atoms with E-state index < -0.39 is 12.0 Å². The van der Waals surface area contributed by atoms with Crippen molar-refractivity contribution in [2.75, 3.05) is 12.3 Å². The number of carbonyl (C=O) groups is 1. The summed E-state index contributed by atoms with van der Waals surface area (Å²) in [6.45, 7) is 0.781.